The topological polar surface area (TPSA) is 147 Å². The number of nitrogens with two attached hydrogens (primary N) is 1. The summed E-state index contributed by atoms with van der Waals surface area (Å²) in [5.41, 5.74) is 8.98. The maximum absolute atomic E-state index is 13.5. The number of nitrogens with zero attached hydrogens (tertiary/aromatic N) is 4. The molecule has 3 amide bonds. The lowest BCUT2D eigenvalue weighted by atomic mass is 9.96. The number of methoxy groups -OCH3 is 1. The number of fused-ring (bicyclic) bond motifs is 1. The van der Waals surface area contributed by atoms with Crippen molar-refractivity contribution in [3.05, 3.63) is 54.1 Å². The predicted molar refractivity (Wildman–Crippen MR) is 149 cm³/mol. The Bertz CT molecular complexity index is 1300. The lowest BCUT2D eigenvalue weighted by molar-refractivity contribution is -0.140. The van der Waals surface area contributed by atoms with Crippen molar-refractivity contribution in [2.45, 2.75) is 57.2 Å². The predicted octanol–water partition coefficient (Wildman–Crippen LogP) is 1.77. The highest BCUT2D eigenvalue weighted by Gasteiger charge is 2.41. The van der Waals surface area contributed by atoms with E-state index in [0.717, 1.165) is 54.7 Å². The molecule has 0 bridgehead atoms. The van der Waals surface area contributed by atoms with Gasteiger partial charge in [-0.15, -0.1) is 0 Å². The number of benzene rings is 1. The zero-order valence-electron chi connectivity index (χ0n) is 22.8. The van der Waals surface area contributed by atoms with Crippen molar-refractivity contribution >= 4 is 28.8 Å². The van der Waals surface area contributed by atoms with Crippen LogP contribution >= 0.6 is 0 Å². The van der Waals surface area contributed by atoms with Crippen molar-refractivity contribution < 1.29 is 19.1 Å². The van der Waals surface area contributed by atoms with E-state index in [2.05, 4.69) is 20.3 Å². The van der Waals surface area contributed by atoms with Crippen LogP contribution in [0.1, 0.15) is 43.5 Å². The van der Waals surface area contributed by atoms with Gasteiger partial charge in [-0.3, -0.25) is 19.4 Å². The Morgan fingerprint density at radius 2 is 1.95 bits per heavy atom. The monoisotopic (exact) mass is 547 g/mol. The molecule has 2 fully saturated rings. The Labute approximate surface area is 233 Å². The maximum atomic E-state index is 13.5. The molecule has 0 saturated carbocycles. The van der Waals surface area contributed by atoms with Crippen molar-refractivity contribution in [3.63, 3.8) is 0 Å². The van der Waals surface area contributed by atoms with Gasteiger partial charge >= 0.3 is 0 Å². The van der Waals surface area contributed by atoms with Crippen LogP contribution in [0.2, 0.25) is 0 Å². The van der Waals surface area contributed by atoms with E-state index in [9.17, 15) is 14.4 Å². The number of imidazole rings is 1. The molecule has 212 valence electrons. The molecule has 0 aliphatic carbocycles. The molecule has 0 spiro atoms. The first-order valence-electron chi connectivity index (χ1n) is 13.9. The van der Waals surface area contributed by atoms with Crippen molar-refractivity contribution in [2.75, 3.05) is 26.7 Å². The summed E-state index contributed by atoms with van der Waals surface area (Å²) >= 11 is 0. The van der Waals surface area contributed by atoms with Gasteiger partial charge in [0, 0.05) is 32.3 Å². The Balaban J connectivity index is 1.24. The molecule has 0 radical (unpaired) electrons. The number of hydrogen-bond acceptors (Lipinski definition) is 7. The van der Waals surface area contributed by atoms with Gasteiger partial charge in [0.05, 0.1) is 31.4 Å². The SMILES string of the molecule is COc1ccc(C[C@@H]2C[C@@H](C(=O)NCc3nc4cnccc4[nH]3)N(C(=O)[C@H](N)CCC(=O)N3CCCC3)C2)cc1. The molecule has 5 rings (SSSR count). The van der Waals surface area contributed by atoms with Gasteiger partial charge in [0.2, 0.25) is 17.7 Å². The minimum absolute atomic E-state index is 0.0369. The molecule has 2 aromatic heterocycles. The molecule has 11 nitrogen and oxygen atoms in total. The molecular weight excluding hydrogens is 510 g/mol. The summed E-state index contributed by atoms with van der Waals surface area (Å²) < 4.78 is 5.26. The summed E-state index contributed by atoms with van der Waals surface area (Å²) in [7, 11) is 1.63. The van der Waals surface area contributed by atoms with E-state index in [4.69, 9.17) is 10.5 Å². The van der Waals surface area contributed by atoms with E-state index in [-0.39, 0.29) is 43.0 Å². The molecule has 2 saturated heterocycles. The van der Waals surface area contributed by atoms with Gasteiger partial charge in [0.15, 0.2) is 0 Å². The normalized spacial score (nSPS) is 19.6. The molecular formula is C29H37N7O4. The van der Waals surface area contributed by atoms with Crippen LogP contribution in [0, 0.1) is 5.92 Å². The van der Waals surface area contributed by atoms with Gasteiger partial charge in [-0.25, -0.2) is 4.98 Å². The number of H-pyrrole nitrogens is 1. The van der Waals surface area contributed by atoms with Crippen LogP contribution in [0.15, 0.2) is 42.7 Å². The number of amides is 3. The van der Waals surface area contributed by atoms with E-state index >= 15 is 0 Å². The fourth-order valence-corrected chi connectivity index (χ4v) is 5.68. The zero-order chi connectivity index (χ0) is 28.1. The number of pyridine rings is 1. The van der Waals surface area contributed by atoms with Crippen LogP contribution in [0.25, 0.3) is 11.0 Å². The van der Waals surface area contributed by atoms with E-state index < -0.39 is 12.1 Å². The van der Waals surface area contributed by atoms with E-state index in [0.29, 0.717) is 18.8 Å². The maximum Gasteiger partial charge on any atom is 0.243 e. The number of carbonyl (C=O) groups excluding carboxylic acids is 3. The summed E-state index contributed by atoms with van der Waals surface area (Å²) in [5, 5.41) is 2.95. The average Bonchev–Trinajstić information content (AvgIpc) is 3.74. The lowest BCUT2D eigenvalue weighted by Crippen LogP contribution is -2.51. The summed E-state index contributed by atoms with van der Waals surface area (Å²) in [5.74, 6) is 0.976. The number of likely N-dealkylation sites (tertiary alicyclic amines) is 2. The Hall–Kier alpha value is -3.99. The first-order valence-corrected chi connectivity index (χ1v) is 13.9. The van der Waals surface area contributed by atoms with Crippen LogP contribution < -0.4 is 15.8 Å². The third-order valence-corrected chi connectivity index (χ3v) is 7.87. The molecule has 1 aromatic carbocycles. The number of rotatable bonds is 10. The van der Waals surface area contributed by atoms with Crippen LogP contribution in [-0.2, 0) is 27.3 Å². The summed E-state index contributed by atoms with van der Waals surface area (Å²) in [4.78, 5) is 54.6. The number of aromatic amines is 1. The Morgan fingerprint density at radius 1 is 1.18 bits per heavy atom. The van der Waals surface area contributed by atoms with Gasteiger partial charge in [-0.1, -0.05) is 12.1 Å². The minimum atomic E-state index is -0.843. The number of nitrogens with one attached hydrogen (secondary N) is 2. The summed E-state index contributed by atoms with van der Waals surface area (Å²) in [6.07, 6.45) is 7.10. The number of aromatic nitrogens is 3. The van der Waals surface area contributed by atoms with Crippen molar-refractivity contribution in [2.24, 2.45) is 11.7 Å². The van der Waals surface area contributed by atoms with Crippen molar-refractivity contribution in [1.82, 2.24) is 30.1 Å². The second-order valence-electron chi connectivity index (χ2n) is 10.7. The van der Waals surface area contributed by atoms with Gasteiger partial charge < -0.3 is 30.6 Å². The second kappa shape index (κ2) is 12.5. The Morgan fingerprint density at radius 3 is 2.67 bits per heavy atom. The molecule has 4 N–H and O–H groups in total. The molecule has 2 aliphatic heterocycles. The third kappa shape index (κ3) is 6.41. The van der Waals surface area contributed by atoms with Crippen molar-refractivity contribution in [1.29, 1.82) is 0 Å². The largest absolute Gasteiger partial charge is 0.497 e. The first kappa shape index (κ1) is 27.6. The average molecular weight is 548 g/mol. The van der Waals surface area contributed by atoms with Crippen LogP contribution in [0.4, 0.5) is 0 Å². The molecule has 2 aliphatic rings. The van der Waals surface area contributed by atoms with E-state index in [1.807, 2.05) is 35.2 Å². The third-order valence-electron chi connectivity index (χ3n) is 7.87. The molecule has 3 atom stereocenters. The molecule has 11 heteroatoms. The highest BCUT2D eigenvalue weighted by Crippen LogP contribution is 2.28. The summed E-state index contributed by atoms with van der Waals surface area (Å²) in [6, 6.07) is 8.16. The lowest BCUT2D eigenvalue weighted by Gasteiger charge is -2.27. The minimum Gasteiger partial charge on any atom is -0.497 e. The first-order chi connectivity index (χ1) is 19.4. The Kier molecular flexibility index (Phi) is 8.59. The zero-order valence-corrected chi connectivity index (χ0v) is 22.8. The van der Waals surface area contributed by atoms with Crippen LogP contribution in [0.3, 0.4) is 0 Å². The number of carbonyl (C=O) groups is 3. The van der Waals surface area contributed by atoms with E-state index in [1.54, 1.807) is 24.4 Å². The fourth-order valence-electron chi connectivity index (χ4n) is 5.68. The summed E-state index contributed by atoms with van der Waals surface area (Å²) in [6.45, 7) is 2.16. The van der Waals surface area contributed by atoms with Crippen molar-refractivity contribution in [3.8, 4) is 5.75 Å². The molecule has 3 aromatic rings. The second-order valence-corrected chi connectivity index (χ2v) is 10.7. The molecule has 0 unspecified atom stereocenters. The van der Waals surface area contributed by atoms with Crippen LogP contribution in [-0.4, -0.2) is 81.3 Å². The molecule has 4 heterocycles. The number of hydrogen-bond donors (Lipinski definition) is 3. The van der Waals surface area contributed by atoms with Gasteiger partial charge in [0.1, 0.15) is 23.1 Å². The highest BCUT2D eigenvalue weighted by atomic mass is 16.5. The quantitative estimate of drug-likeness (QED) is 0.351. The standard InChI is InChI=1S/C29H37N7O4/c1-40-21-6-4-19(5-7-21)14-20-15-25(28(38)32-17-26-33-23-10-11-31-16-24(23)34-26)36(18-20)29(39)22(30)8-9-27(37)35-12-2-3-13-35/h4-7,10-11,16,20,22,25H,2-3,8-9,12-15,17-18,30H2,1H3,(H,32,38)(H,33,34)/t20-,22-,25+/m1/s1. The molecule has 40 heavy (non-hydrogen) atoms. The van der Waals surface area contributed by atoms with E-state index in [1.165, 1.54) is 0 Å². The van der Waals surface area contributed by atoms with Gasteiger partial charge in [0.25, 0.3) is 0 Å². The van der Waals surface area contributed by atoms with Gasteiger partial charge in [-0.05, 0) is 61.8 Å². The highest BCUT2D eigenvalue weighted by molar-refractivity contribution is 5.90. The number of ether oxygens (including phenoxy) is 1. The smallest absolute Gasteiger partial charge is 0.243 e. The van der Waals surface area contributed by atoms with Crippen LogP contribution in [0.5, 0.6) is 5.75 Å². The van der Waals surface area contributed by atoms with Gasteiger partial charge in [-0.2, -0.15) is 0 Å². The fraction of sp³-hybridized carbons (Fsp3) is 0.483.